The summed E-state index contributed by atoms with van der Waals surface area (Å²) in [6.07, 6.45) is 1.81. The second kappa shape index (κ2) is 6.15. The van der Waals surface area contributed by atoms with E-state index in [9.17, 15) is 5.11 Å². The lowest BCUT2D eigenvalue weighted by Crippen LogP contribution is -2.39. The van der Waals surface area contributed by atoms with Gasteiger partial charge in [0.25, 0.3) is 0 Å². The monoisotopic (exact) mass is 234 g/mol. The molecule has 2 rings (SSSR count). The van der Waals surface area contributed by atoms with Crippen molar-refractivity contribution in [3.8, 4) is 0 Å². The van der Waals surface area contributed by atoms with Gasteiger partial charge >= 0.3 is 0 Å². The first-order chi connectivity index (χ1) is 8.29. The number of nitrogens with two attached hydrogens (primary N) is 1. The van der Waals surface area contributed by atoms with Crippen LogP contribution in [0.1, 0.15) is 18.4 Å². The Morgan fingerprint density at radius 1 is 1.24 bits per heavy atom. The molecule has 0 amide bonds. The van der Waals surface area contributed by atoms with Crippen LogP contribution < -0.4 is 5.73 Å². The molecular formula is C14H22N2O. The summed E-state index contributed by atoms with van der Waals surface area (Å²) in [5.41, 5.74) is 6.86. The number of nitrogens with zero attached hydrogens (tertiary/aromatic N) is 1. The minimum atomic E-state index is -0.311. The molecule has 1 fully saturated rings. The van der Waals surface area contributed by atoms with Gasteiger partial charge in [-0.05, 0) is 37.4 Å². The molecule has 0 bridgehead atoms. The second-order valence-electron chi connectivity index (χ2n) is 4.90. The van der Waals surface area contributed by atoms with E-state index in [1.54, 1.807) is 0 Å². The van der Waals surface area contributed by atoms with E-state index in [1.807, 2.05) is 6.07 Å². The highest BCUT2D eigenvalue weighted by atomic mass is 16.3. The van der Waals surface area contributed by atoms with E-state index >= 15 is 0 Å². The summed E-state index contributed by atoms with van der Waals surface area (Å²) < 4.78 is 0. The highest BCUT2D eigenvalue weighted by Crippen LogP contribution is 2.21. The molecule has 1 aliphatic heterocycles. The summed E-state index contributed by atoms with van der Waals surface area (Å²) in [7, 11) is 0. The van der Waals surface area contributed by atoms with Gasteiger partial charge in [-0.2, -0.15) is 0 Å². The molecule has 94 valence electrons. The third kappa shape index (κ3) is 3.53. The molecule has 1 saturated heterocycles. The maximum Gasteiger partial charge on any atom is 0.0691 e. The zero-order valence-electron chi connectivity index (χ0n) is 10.3. The van der Waals surface area contributed by atoms with Crippen molar-refractivity contribution in [2.75, 3.05) is 19.6 Å². The topological polar surface area (TPSA) is 49.5 Å². The van der Waals surface area contributed by atoms with Crippen molar-refractivity contribution in [2.24, 2.45) is 11.7 Å². The Labute approximate surface area is 103 Å². The van der Waals surface area contributed by atoms with Crippen LogP contribution in [-0.2, 0) is 6.54 Å². The van der Waals surface area contributed by atoms with Gasteiger partial charge in [0.15, 0.2) is 0 Å². The van der Waals surface area contributed by atoms with Crippen molar-refractivity contribution in [2.45, 2.75) is 25.5 Å². The van der Waals surface area contributed by atoms with Gasteiger partial charge in [0, 0.05) is 13.1 Å². The number of piperidine rings is 1. The normalized spacial score (nSPS) is 20.4. The molecule has 0 aromatic heterocycles. The van der Waals surface area contributed by atoms with E-state index < -0.39 is 0 Å². The fourth-order valence-corrected chi connectivity index (χ4v) is 2.53. The van der Waals surface area contributed by atoms with E-state index in [1.165, 1.54) is 5.56 Å². The van der Waals surface area contributed by atoms with Crippen LogP contribution >= 0.6 is 0 Å². The third-order valence-electron chi connectivity index (χ3n) is 3.67. The van der Waals surface area contributed by atoms with Gasteiger partial charge in [-0.15, -0.1) is 0 Å². The largest absolute Gasteiger partial charge is 0.392 e. The fourth-order valence-electron chi connectivity index (χ4n) is 2.53. The van der Waals surface area contributed by atoms with Crippen LogP contribution in [0.15, 0.2) is 30.3 Å². The van der Waals surface area contributed by atoms with Crippen molar-refractivity contribution in [3.05, 3.63) is 35.9 Å². The van der Waals surface area contributed by atoms with Crippen LogP contribution in [0.4, 0.5) is 0 Å². The standard InChI is InChI=1S/C14H22N2O/c15-10-14(17)13-6-8-16(9-7-13)11-12-4-2-1-3-5-12/h1-5,13-14,17H,6-11,15H2/t14-/m0/s1. The van der Waals surface area contributed by atoms with Crippen molar-refractivity contribution in [3.63, 3.8) is 0 Å². The Morgan fingerprint density at radius 3 is 2.47 bits per heavy atom. The highest BCUT2D eigenvalue weighted by molar-refractivity contribution is 5.14. The first-order valence-electron chi connectivity index (χ1n) is 6.44. The molecule has 1 aromatic carbocycles. The molecule has 0 spiro atoms. The SMILES string of the molecule is NC[C@H](O)C1CCN(Cc2ccccc2)CC1. The maximum atomic E-state index is 9.72. The number of benzene rings is 1. The Balaban J connectivity index is 1.80. The van der Waals surface area contributed by atoms with Crippen LogP contribution in [0, 0.1) is 5.92 Å². The predicted octanol–water partition coefficient (Wildman–Crippen LogP) is 1.22. The first-order valence-corrected chi connectivity index (χ1v) is 6.44. The predicted molar refractivity (Wildman–Crippen MR) is 69.5 cm³/mol. The lowest BCUT2D eigenvalue weighted by atomic mass is 9.91. The van der Waals surface area contributed by atoms with Gasteiger partial charge in [0.2, 0.25) is 0 Å². The van der Waals surface area contributed by atoms with Crippen LogP contribution in [0.25, 0.3) is 0 Å². The van der Waals surface area contributed by atoms with Crippen LogP contribution in [0.5, 0.6) is 0 Å². The first kappa shape index (κ1) is 12.6. The summed E-state index contributed by atoms with van der Waals surface area (Å²) in [6.45, 7) is 3.54. The summed E-state index contributed by atoms with van der Waals surface area (Å²) in [5, 5.41) is 9.72. The molecule has 1 atom stereocenters. The van der Waals surface area contributed by atoms with Gasteiger partial charge in [0.1, 0.15) is 0 Å². The lowest BCUT2D eigenvalue weighted by molar-refractivity contribution is 0.0630. The molecule has 1 aromatic rings. The van der Waals surface area contributed by atoms with E-state index in [0.717, 1.165) is 32.5 Å². The molecule has 1 heterocycles. The molecule has 3 N–H and O–H groups in total. The summed E-state index contributed by atoms with van der Waals surface area (Å²) >= 11 is 0. The molecule has 0 saturated carbocycles. The van der Waals surface area contributed by atoms with Crippen molar-refractivity contribution >= 4 is 0 Å². The third-order valence-corrected chi connectivity index (χ3v) is 3.67. The highest BCUT2D eigenvalue weighted by Gasteiger charge is 2.24. The zero-order valence-corrected chi connectivity index (χ0v) is 10.3. The number of aliphatic hydroxyl groups is 1. The number of hydrogen-bond acceptors (Lipinski definition) is 3. The van der Waals surface area contributed by atoms with Crippen molar-refractivity contribution in [1.82, 2.24) is 4.90 Å². The van der Waals surface area contributed by atoms with Crippen LogP contribution in [-0.4, -0.2) is 35.7 Å². The molecule has 1 aliphatic rings. The van der Waals surface area contributed by atoms with Gasteiger partial charge in [0.05, 0.1) is 6.10 Å². The van der Waals surface area contributed by atoms with Gasteiger partial charge in [-0.3, -0.25) is 4.90 Å². The van der Waals surface area contributed by atoms with Crippen LogP contribution in [0.3, 0.4) is 0 Å². The molecule has 0 unspecified atom stereocenters. The van der Waals surface area contributed by atoms with E-state index in [2.05, 4.69) is 29.2 Å². The average Bonchev–Trinajstić information content (AvgIpc) is 2.40. The fraction of sp³-hybridized carbons (Fsp3) is 0.571. The zero-order chi connectivity index (χ0) is 12.1. The molecule has 0 radical (unpaired) electrons. The van der Waals surface area contributed by atoms with Gasteiger partial charge in [-0.1, -0.05) is 30.3 Å². The summed E-state index contributed by atoms with van der Waals surface area (Å²) in [4.78, 5) is 2.45. The lowest BCUT2D eigenvalue weighted by Gasteiger charge is -2.33. The molecule has 17 heavy (non-hydrogen) atoms. The van der Waals surface area contributed by atoms with Gasteiger partial charge < -0.3 is 10.8 Å². The number of likely N-dealkylation sites (tertiary alicyclic amines) is 1. The Bertz CT molecular complexity index is 320. The van der Waals surface area contributed by atoms with Crippen LogP contribution in [0.2, 0.25) is 0 Å². The Morgan fingerprint density at radius 2 is 1.88 bits per heavy atom. The maximum absolute atomic E-state index is 9.72. The van der Waals surface area contributed by atoms with E-state index in [0.29, 0.717) is 12.5 Å². The van der Waals surface area contributed by atoms with E-state index in [4.69, 9.17) is 5.73 Å². The average molecular weight is 234 g/mol. The summed E-state index contributed by atoms with van der Waals surface area (Å²) in [5.74, 6) is 0.395. The Kier molecular flexibility index (Phi) is 4.54. The summed E-state index contributed by atoms with van der Waals surface area (Å²) in [6, 6.07) is 10.6. The quantitative estimate of drug-likeness (QED) is 0.823. The smallest absolute Gasteiger partial charge is 0.0691 e. The molecular weight excluding hydrogens is 212 g/mol. The molecule has 0 aliphatic carbocycles. The molecule has 3 heteroatoms. The van der Waals surface area contributed by atoms with E-state index in [-0.39, 0.29) is 6.10 Å². The minimum Gasteiger partial charge on any atom is -0.392 e. The van der Waals surface area contributed by atoms with Gasteiger partial charge in [-0.25, -0.2) is 0 Å². The minimum absolute atomic E-state index is 0.311. The second-order valence-corrected chi connectivity index (χ2v) is 4.90. The molecule has 3 nitrogen and oxygen atoms in total. The number of rotatable bonds is 4. The van der Waals surface area contributed by atoms with Crippen molar-refractivity contribution < 1.29 is 5.11 Å². The Hall–Kier alpha value is -0.900. The van der Waals surface area contributed by atoms with Crippen molar-refractivity contribution in [1.29, 1.82) is 0 Å². The number of hydrogen-bond donors (Lipinski definition) is 2. The number of aliphatic hydroxyl groups excluding tert-OH is 1.